The molecule has 1 N–H and O–H groups in total. The topological polar surface area (TPSA) is 64.0 Å². The third-order valence-electron chi connectivity index (χ3n) is 4.70. The number of nitrogens with zero attached hydrogens (tertiary/aromatic N) is 2. The number of nitrogens with one attached hydrogen (secondary N) is 1. The van der Waals surface area contributed by atoms with Gasteiger partial charge in [-0.2, -0.15) is 0 Å². The maximum atomic E-state index is 12.7. The van der Waals surface area contributed by atoms with Gasteiger partial charge in [-0.1, -0.05) is 23.7 Å². The number of hydrogen-bond acceptors (Lipinski definition) is 4. The molecule has 1 aromatic heterocycles. The zero-order valence-electron chi connectivity index (χ0n) is 14.7. The number of halogens is 1. The molecular weight excluding hydrogens is 382 g/mol. The van der Waals surface area contributed by atoms with E-state index in [4.69, 9.17) is 11.6 Å². The number of hydrogen-bond donors (Lipinski definition) is 1. The van der Waals surface area contributed by atoms with E-state index in [2.05, 4.69) is 10.3 Å². The number of thioether (sulfide) groups is 1. The Labute approximate surface area is 165 Å². The molecule has 1 aliphatic rings. The average molecular weight is 400 g/mol. The first-order valence-electron chi connectivity index (χ1n) is 8.71. The Bertz CT molecular complexity index is 1100. The van der Waals surface area contributed by atoms with E-state index in [9.17, 15) is 9.59 Å². The van der Waals surface area contributed by atoms with E-state index in [0.717, 1.165) is 22.6 Å². The molecule has 1 aliphatic heterocycles. The maximum Gasteiger partial charge on any atom is 0.261 e. The lowest BCUT2D eigenvalue weighted by Gasteiger charge is -2.26. The monoisotopic (exact) mass is 399 g/mol. The van der Waals surface area contributed by atoms with Crippen molar-refractivity contribution >= 4 is 40.2 Å². The second kappa shape index (κ2) is 7.37. The van der Waals surface area contributed by atoms with Crippen LogP contribution in [0.5, 0.6) is 0 Å². The molecule has 0 spiro atoms. The Balaban J connectivity index is 1.59. The van der Waals surface area contributed by atoms with E-state index in [0.29, 0.717) is 21.7 Å². The number of amides is 1. The number of benzene rings is 2. The minimum absolute atomic E-state index is 0.0535. The number of aryl methyl sites for hydroxylation is 1. The third kappa shape index (κ3) is 3.59. The Morgan fingerprint density at radius 1 is 1.33 bits per heavy atom. The van der Waals surface area contributed by atoms with E-state index in [1.165, 1.54) is 4.57 Å². The normalized spacial score (nSPS) is 16.1. The second-order valence-electron chi connectivity index (χ2n) is 6.51. The molecule has 0 aliphatic carbocycles. The summed E-state index contributed by atoms with van der Waals surface area (Å²) in [6.45, 7) is 1.69. The summed E-state index contributed by atoms with van der Waals surface area (Å²) >= 11 is 7.89. The van der Waals surface area contributed by atoms with Gasteiger partial charge in [0.25, 0.3) is 5.56 Å². The summed E-state index contributed by atoms with van der Waals surface area (Å²) in [5.74, 6) is 1.24. The molecule has 4 rings (SSSR count). The number of para-hydroxylation sites is 1. The van der Waals surface area contributed by atoms with Crippen molar-refractivity contribution in [1.82, 2.24) is 14.9 Å². The molecule has 0 fully saturated rings. The van der Waals surface area contributed by atoms with Crippen molar-refractivity contribution in [2.24, 2.45) is 0 Å². The molecule has 3 aromatic rings. The van der Waals surface area contributed by atoms with Gasteiger partial charge in [-0.15, -0.1) is 11.8 Å². The van der Waals surface area contributed by atoms with E-state index >= 15 is 0 Å². The smallest absolute Gasteiger partial charge is 0.261 e. The van der Waals surface area contributed by atoms with E-state index in [1.54, 1.807) is 36.9 Å². The van der Waals surface area contributed by atoms with Gasteiger partial charge in [0.2, 0.25) is 5.91 Å². The molecule has 0 unspecified atom stereocenters. The van der Waals surface area contributed by atoms with E-state index in [-0.39, 0.29) is 24.1 Å². The Morgan fingerprint density at radius 2 is 2.15 bits per heavy atom. The van der Waals surface area contributed by atoms with Crippen molar-refractivity contribution in [2.75, 3.05) is 5.75 Å². The van der Waals surface area contributed by atoms with Gasteiger partial charge in [-0.05, 0) is 49.2 Å². The Hall–Kier alpha value is -2.31. The van der Waals surface area contributed by atoms with Crippen LogP contribution in [0.1, 0.15) is 23.9 Å². The van der Waals surface area contributed by atoms with Crippen LogP contribution in [-0.4, -0.2) is 21.2 Å². The summed E-state index contributed by atoms with van der Waals surface area (Å²) in [6.07, 6.45) is 0.827. The lowest BCUT2D eigenvalue weighted by atomic mass is 10.0. The number of rotatable bonds is 3. The number of fused-ring (bicyclic) bond motifs is 2. The van der Waals surface area contributed by atoms with Gasteiger partial charge in [0.05, 0.1) is 16.9 Å². The van der Waals surface area contributed by atoms with Gasteiger partial charge in [0.15, 0.2) is 0 Å². The summed E-state index contributed by atoms with van der Waals surface area (Å²) in [6, 6.07) is 12.8. The standard InChI is InChI=1S/C20H18ClN3O2S/c1-12-22-16-5-3-2-4-14(16)20(26)24(12)11-19(25)23-17-8-9-27-18-7-6-13(21)10-15(17)18/h2-7,10,17H,8-9,11H2,1H3,(H,23,25)/t17-/m1/s1. The maximum absolute atomic E-state index is 12.7. The highest BCUT2D eigenvalue weighted by Crippen LogP contribution is 2.37. The second-order valence-corrected chi connectivity index (χ2v) is 8.08. The lowest BCUT2D eigenvalue weighted by molar-refractivity contribution is -0.122. The predicted octanol–water partition coefficient (Wildman–Crippen LogP) is 3.71. The zero-order chi connectivity index (χ0) is 19.0. The van der Waals surface area contributed by atoms with Crippen molar-refractivity contribution in [3.63, 3.8) is 0 Å². The molecule has 7 heteroatoms. The molecule has 2 heterocycles. The molecule has 0 saturated carbocycles. The van der Waals surface area contributed by atoms with Crippen LogP contribution < -0.4 is 10.9 Å². The molecule has 0 saturated heterocycles. The first-order chi connectivity index (χ1) is 13.0. The van der Waals surface area contributed by atoms with Crippen molar-refractivity contribution in [3.05, 3.63) is 69.2 Å². The van der Waals surface area contributed by atoms with E-state index < -0.39 is 0 Å². The van der Waals surface area contributed by atoms with Crippen molar-refractivity contribution in [1.29, 1.82) is 0 Å². The SMILES string of the molecule is Cc1nc2ccccc2c(=O)n1CC(=O)N[C@@H]1CCSc2ccc(Cl)cc21. The fourth-order valence-electron chi connectivity index (χ4n) is 3.36. The number of carbonyl (C=O) groups excluding carboxylic acids is 1. The Morgan fingerprint density at radius 3 is 3.00 bits per heavy atom. The van der Waals surface area contributed by atoms with Crippen LogP contribution in [-0.2, 0) is 11.3 Å². The summed E-state index contributed by atoms with van der Waals surface area (Å²) in [5, 5.41) is 4.22. The average Bonchev–Trinajstić information content (AvgIpc) is 2.65. The fourth-order valence-corrected chi connectivity index (χ4v) is 4.65. The van der Waals surface area contributed by atoms with E-state index in [1.807, 2.05) is 24.3 Å². The number of aromatic nitrogens is 2. The minimum atomic E-state index is -0.208. The van der Waals surface area contributed by atoms with Gasteiger partial charge >= 0.3 is 0 Å². The highest BCUT2D eigenvalue weighted by molar-refractivity contribution is 7.99. The quantitative estimate of drug-likeness (QED) is 0.729. The highest BCUT2D eigenvalue weighted by Gasteiger charge is 2.23. The molecule has 5 nitrogen and oxygen atoms in total. The fraction of sp³-hybridized carbons (Fsp3) is 0.250. The molecule has 27 heavy (non-hydrogen) atoms. The number of carbonyl (C=O) groups is 1. The predicted molar refractivity (Wildman–Crippen MR) is 108 cm³/mol. The molecule has 0 bridgehead atoms. The van der Waals surface area contributed by atoms with Crippen LogP contribution in [0.3, 0.4) is 0 Å². The summed E-state index contributed by atoms with van der Waals surface area (Å²) in [5.41, 5.74) is 1.48. The molecule has 2 aromatic carbocycles. The van der Waals surface area contributed by atoms with Crippen molar-refractivity contribution < 1.29 is 4.79 Å². The first-order valence-corrected chi connectivity index (χ1v) is 10.1. The molecular formula is C20H18ClN3O2S. The molecule has 1 amide bonds. The van der Waals surface area contributed by atoms with Crippen LogP contribution in [0.2, 0.25) is 5.02 Å². The van der Waals surface area contributed by atoms with Gasteiger partial charge in [0.1, 0.15) is 12.4 Å². The van der Waals surface area contributed by atoms with Gasteiger partial charge in [-0.25, -0.2) is 4.98 Å². The molecule has 138 valence electrons. The summed E-state index contributed by atoms with van der Waals surface area (Å²) in [7, 11) is 0. The van der Waals surface area contributed by atoms with Crippen LogP contribution in [0.4, 0.5) is 0 Å². The molecule has 0 radical (unpaired) electrons. The first kappa shape index (κ1) is 18.1. The highest BCUT2D eigenvalue weighted by atomic mass is 35.5. The Kier molecular flexibility index (Phi) is 4.93. The van der Waals surface area contributed by atoms with Crippen LogP contribution in [0.15, 0.2) is 52.2 Å². The lowest BCUT2D eigenvalue weighted by Crippen LogP contribution is -2.37. The minimum Gasteiger partial charge on any atom is -0.348 e. The van der Waals surface area contributed by atoms with Gasteiger partial charge < -0.3 is 5.32 Å². The van der Waals surface area contributed by atoms with Gasteiger partial charge in [0, 0.05) is 15.7 Å². The largest absolute Gasteiger partial charge is 0.348 e. The summed E-state index contributed by atoms with van der Waals surface area (Å²) < 4.78 is 1.42. The van der Waals surface area contributed by atoms with Crippen molar-refractivity contribution in [2.45, 2.75) is 30.8 Å². The molecule has 1 atom stereocenters. The zero-order valence-corrected chi connectivity index (χ0v) is 16.3. The van der Waals surface area contributed by atoms with Gasteiger partial charge in [-0.3, -0.25) is 14.2 Å². The van der Waals surface area contributed by atoms with Crippen LogP contribution in [0.25, 0.3) is 10.9 Å². The van der Waals surface area contributed by atoms with Crippen LogP contribution >= 0.6 is 23.4 Å². The third-order valence-corrected chi connectivity index (χ3v) is 6.06. The van der Waals surface area contributed by atoms with Crippen molar-refractivity contribution in [3.8, 4) is 0 Å². The summed E-state index contributed by atoms with van der Waals surface area (Å²) in [4.78, 5) is 31.0. The van der Waals surface area contributed by atoms with Crippen LogP contribution in [0, 0.1) is 6.92 Å².